The van der Waals surface area contributed by atoms with Crippen molar-refractivity contribution in [1.29, 1.82) is 0 Å². The van der Waals surface area contributed by atoms with Crippen LogP contribution in [0.25, 0.3) is 0 Å². The van der Waals surface area contributed by atoms with E-state index >= 15 is 0 Å². The van der Waals surface area contributed by atoms with Crippen LogP contribution in [-0.4, -0.2) is 40.2 Å². The number of alkyl halides is 2. The van der Waals surface area contributed by atoms with Crippen LogP contribution >= 0.6 is 0 Å². The van der Waals surface area contributed by atoms with Gasteiger partial charge < -0.3 is 15.5 Å². The maximum atomic E-state index is 12.8. The molecule has 0 aliphatic heterocycles. The molecule has 0 saturated carbocycles. The Hall–Kier alpha value is -2.13. The van der Waals surface area contributed by atoms with Gasteiger partial charge in [0.1, 0.15) is 12.2 Å². The van der Waals surface area contributed by atoms with Crippen molar-refractivity contribution in [3.8, 4) is 0 Å². The highest BCUT2D eigenvalue weighted by Crippen LogP contribution is 2.22. The van der Waals surface area contributed by atoms with Gasteiger partial charge >= 0.3 is 5.97 Å². The number of rotatable bonds is 7. The lowest BCUT2D eigenvalue weighted by atomic mass is 10.1. The minimum Gasteiger partial charge on any atom is -0.477 e. The van der Waals surface area contributed by atoms with Crippen LogP contribution in [0, 0.1) is 10.1 Å². The van der Waals surface area contributed by atoms with E-state index < -0.39 is 41.2 Å². The predicted octanol–water partition coefficient (Wildman–Crippen LogP) is 1.01. The molecular formula is C11H12F2N2O5. The Labute approximate surface area is 112 Å². The van der Waals surface area contributed by atoms with Gasteiger partial charge in [0, 0.05) is 12.6 Å². The number of hydrogen-bond donors (Lipinski definition) is 3. The summed E-state index contributed by atoms with van der Waals surface area (Å²) in [7, 11) is 0. The Balaban J connectivity index is 2.93. The summed E-state index contributed by atoms with van der Waals surface area (Å²) in [5.74, 6) is -4.85. The first kappa shape index (κ1) is 15.9. The summed E-state index contributed by atoms with van der Waals surface area (Å²) in [6, 6.07) is 3.58. The van der Waals surface area contributed by atoms with E-state index in [1.807, 2.05) is 0 Å². The van der Waals surface area contributed by atoms with Crippen LogP contribution in [0.1, 0.15) is 15.9 Å². The third kappa shape index (κ3) is 3.93. The van der Waals surface area contributed by atoms with Crippen molar-refractivity contribution in [1.82, 2.24) is 5.32 Å². The second-order valence-corrected chi connectivity index (χ2v) is 3.99. The molecule has 0 bridgehead atoms. The molecule has 3 N–H and O–H groups in total. The molecule has 0 radical (unpaired) electrons. The molecule has 0 saturated heterocycles. The number of benzene rings is 1. The first-order chi connectivity index (χ1) is 9.28. The average molecular weight is 290 g/mol. The van der Waals surface area contributed by atoms with Gasteiger partial charge in [-0.15, -0.1) is 0 Å². The SMILES string of the molecule is O=C(O)c1c(CNCC(F)(F)CO)cccc1[N+](=O)[O-]. The van der Waals surface area contributed by atoms with Gasteiger partial charge in [-0.2, -0.15) is 0 Å². The third-order valence-electron chi connectivity index (χ3n) is 2.47. The van der Waals surface area contributed by atoms with Gasteiger partial charge in [-0.25, -0.2) is 13.6 Å². The molecule has 0 aliphatic carbocycles. The van der Waals surface area contributed by atoms with Crippen molar-refractivity contribution in [2.24, 2.45) is 0 Å². The van der Waals surface area contributed by atoms with Crippen molar-refractivity contribution in [2.75, 3.05) is 13.2 Å². The number of nitrogens with zero attached hydrogens (tertiary/aromatic N) is 1. The van der Waals surface area contributed by atoms with E-state index in [2.05, 4.69) is 5.32 Å². The van der Waals surface area contributed by atoms with Gasteiger partial charge in [0.05, 0.1) is 11.5 Å². The highest BCUT2D eigenvalue weighted by atomic mass is 19.3. The summed E-state index contributed by atoms with van der Waals surface area (Å²) >= 11 is 0. The molecule has 20 heavy (non-hydrogen) atoms. The summed E-state index contributed by atoms with van der Waals surface area (Å²) in [5, 5.41) is 30.3. The van der Waals surface area contributed by atoms with Crippen molar-refractivity contribution in [3.63, 3.8) is 0 Å². The van der Waals surface area contributed by atoms with Crippen LogP contribution in [0.5, 0.6) is 0 Å². The van der Waals surface area contributed by atoms with Crippen molar-refractivity contribution in [3.05, 3.63) is 39.4 Å². The zero-order chi connectivity index (χ0) is 15.3. The van der Waals surface area contributed by atoms with E-state index in [0.29, 0.717) is 0 Å². The van der Waals surface area contributed by atoms with Crippen molar-refractivity contribution < 1.29 is 28.7 Å². The summed E-state index contributed by atoms with van der Waals surface area (Å²) in [6.45, 7) is -2.51. The number of halogens is 2. The molecule has 9 heteroatoms. The Morgan fingerprint density at radius 2 is 2.10 bits per heavy atom. The minimum atomic E-state index is -3.34. The average Bonchev–Trinajstić information content (AvgIpc) is 2.37. The summed E-state index contributed by atoms with van der Waals surface area (Å²) < 4.78 is 25.6. The third-order valence-corrected chi connectivity index (χ3v) is 2.47. The fourth-order valence-corrected chi connectivity index (χ4v) is 1.57. The van der Waals surface area contributed by atoms with Crippen LogP contribution in [0.2, 0.25) is 0 Å². The molecule has 0 aromatic heterocycles. The lowest BCUT2D eigenvalue weighted by Crippen LogP contribution is -2.35. The lowest BCUT2D eigenvalue weighted by molar-refractivity contribution is -0.385. The molecular weight excluding hydrogens is 278 g/mol. The maximum Gasteiger partial charge on any atom is 0.343 e. The largest absolute Gasteiger partial charge is 0.477 e. The van der Waals surface area contributed by atoms with Gasteiger partial charge in [-0.1, -0.05) is 12.1 Å². The molecule has 0 atom stereocenters. The van der Waals surface area contributed by atoms with Gasteiger partial charge in [0.25, 0.3) is 11.6 Å². The molecule has 0 aliphatic rings. The van der Waals surface area contributed by atoms with E-state index in [-0.39, 0.29) is 12.1 Å². The van der Waals surface area contributed by atoms with E-state index in [4.69, 9.17) is 10.2 Å². The maximum absolute atomic E-state index is 12.8. The minimum absolute atomic E-state index is 0.0143. The number of aromatic carboxylic acids is 1. The highest BCUT2D eigenvalue weighted by molar-refractivity contribution is 5.94. The van der Waals surface area contributed by atoms with Gasteiger partial charge in [0.2, 0.25) is 0 Å². The van der Waals surface area contributed by atoms with Crippen LogP contribution in [0.4, 0.5) is 14.5 Å². The standard InChI is InChI=1S/C11H12F2N2O5/c12-11(13,6-16)5-14-4-7-2-1-3-8(15(19)20)9(7)10(17)18/h1-3,14,16H,4-6H2,(H,17,18). The molecule has 1 aromatic rings. The Bertz CT molecular complexity index is 522. The van der Waals surface area contributed by atoms with Gasteiger partial charge in [-0.3, -0.25) is 10.1 Å². The number of carboxylic acids is 1. The number of nitro benzene ring substituents is 1. The number of aliphatic hydroxyl groups is 1. The molecule has 0 spiro atoms. The molecule has 0 unspecified atom stereocenters. The molecule has 1 rings (SSSR count). The highest BCUT2D eigenvalue weighted by Gasteiger charge is 2.28. The Morgan fingerprint density at radius 1 is 1.45 bits per heavy atom. The number of nitrogens with one attached hydrogen (secondary N) is 1. The van der Waals surface area contributed by atoms with Crippen molar-refractivity contribution in [2.45, 2.75) is 12.5 Å². The molecule has 0 heterocycles. The van der Waals surface area contributed by atoms with Crippen molar-refractivity contribution >= 4 is 11.7 Å². The molecule has 0 amide bonds. The number of carbonyl (C=O) groups is 1. The van der Waals surface area contributed by atoms with Crippen LogP contribution in [-0.2, 0) is 6.54 Å². The first-order valence-electron chi connectivity index (χ1n) is 5.47. The number of carboxylic acid groups (broad SMARTS) is 1. The molecule has 1 aromatic carbocycles. The zero-order valence-corrected chi connectivity index (χ0v) is 10.2. The quantitative estimate of drug-likeness (QED) is 0.510. The summed E-state index contributed by atoms with van der Waals surface area (Å²) in [5.41, 5.74) is -1.14. The number of aliphatic hydroxyl groups excluding tert-OH is 1. The van der Waals surface area contributed by atoms with Crippen LogP contribution < -0.4 is 5.32 Å². The Kier molecular flexibility index (Phi) is 5.06. The monoisotopic (exact) mass is 290 g/mol. The summed E-state index contributed by atoms with van der Waals surface area (Å²) in [6.07, 6.45) is 0. The number of nitro groups is 1. The fourth-order valence-electron chi connectivity index (χ4n) is 1.57. The van der Waals surface area contributed by atoms with E-state index in [9.17, 15) is 23.7 Å². The normalized spacial score (nSPS) is 11.3. The Morgan fingerprint density at radius 3 is 2.60 bits per heavy atom. The fraction of sp³-hybridized carbons (Fsp3) is 0.364. The second kappa shape index (κ2) is 6.35. The van der Waals surface area contributed by atoms with E-state index in [1.54, 1.807) is 0 Å². The van der Waals surface area contributed by atoms with E-state index in [0.717, 1.165) is 6.07 Å². The number of hydrogen-bond acceptors (Lipinski definition) is 5. The van der Waals surface area contributed by atoms with Gasteiger partial charge in [0.15, 0.2) is 0 Å². The lowest BCUT2D eigenvalue weighted by Gasteiger charge is -2.14. The van der Waals surface area contributed by atoms with E-state index in [1.165, 1.54) is 12.1 Å². The van der Waals surface area contributed by atoms with Crippen LogP contribution in [0.15, 0.2) is 18.2 Å². The summed E-state index contributed by atoms with van der Waals surface area (Å²) in [4.78, 5) is 20.9. The molecule has 0 fully saturated rings. The van der Waals surface area contributed by atoms with Crippen LogP contribution in [0.3, 0.4) is 0 Å². The first-order valence-corrected chi connectivity index (χ1v) is 5.47. The second-order valence-electron chi connectivity index (χ2n) is 3.99. The molecule has 7 nitrogen and oxygen atoms in total. The molecule has 110 valence electrons. The van der Waals surface area contributed by atoms with Gasteiger partial charge in [-0.05, 0) is 5.56 Å². The topological polar surface area (TPSA) is 113 Å². The zero-order valence-electron chi connectivity index (χ0n) is 10.2. The predicted molar refractivity (Wildman–Crippen MR) is 63.8 cm³/mol. The smallest absolute Gasteiger partial charge is 0.343 e.